The number of rotatable bonds is 3. The van der Waals surface area contributed by atoms with Gasteiger partial charge in [0.25, 0.3) is 0 Å². The summed E-state index contributed by atoms with van der Waals surface area (Å²) >= 11 is 5.05. The van der Waals surface area contributed by atoms with Crippen LogP contribution in [0.15, 0.2) is 53.0 Å². The van der Waals surface area contributed by atoms with Gasteiger partial charge in [0.05, 0.1) is 4.88 Å². The third kappa shape index (κ3) is 2.56. The summed E-state index contributed by atoms with van der Waals surface area (Å²) in [6.07, 6.45) is 0.976. The topological polar surface area (TPSA) is 17.1 Å². The highest BCUT2D eigenvalue weighted by molar-refractivity contribution is 9.10. The second-order valence-corrected chi connectivity index (χ2v) is 6.74. The number of carbonyl (C=O) groups excluding carboxylic acids is 1. The van der Waals surface area contributed by atoms with Gasteiger partial charge in [-0.25, -0.2) is 0 Å². The summed E-state index contributed by atoms with van der Waals surface area (Å²) < 4.78 is 1.05. The maximum atomic E-state index is 12.5. The number of hydrogen-bond acceptors (Lipinski definition) is 2. The summed E-state index contributed by atoms with van der Waals surface area (Å²) in [7, 11) is 0. The first kappa shape index (κ1) is 13.5. The van der Waals surface area contributed by atoms with Crippen LogP contribution in [-0.4, -0.2) is 5.78 Å². The van der Waals surface area contributed by atoms with Crippen molar-refractivity contribution in [3.63, 3.8) is 0 Å². The molecule has 0 saturated carbocycles. The summed E-state index contributed by atoms with van der Waals surface area (Å²) in [4.78, 5) is 14.6. The monoisotopic (exact) mass is 344 g/mol. The summed E-state index contributed by atoms with van der Waals surface area (Å²) in [6, 6.07) is 15.9. The van der Waals surface area contributed by atoms with Crippen molar-refractivity contribution in [3.8, 4) is 0 Å². The van der Waals surface area contributed by atoms with E-state index in [-0.39, 0.29) is 5.78 Å². The van der Waals surface area contributed by atoms with Crippen LogP contribution in [0.2, 0.25) is 0 Å². The van der Waals surface area contributed by atoms with Crippen molar-refractivity contribution in [3.05, 3.63) is 68.3 Å². The van der Waals surface area contributed by atoms with Crippen molar-refractivity contribution >= 4 is 43.8 Å². The Kier molecular flexibility index (Phi) is 3.72. The molecule has 1 nitrogen and oxygen atoms in total. The van der Waals surface area contributed by atoms with Crippen molar-refractivity contribution in [2.45, 2.75) is 13.3 Å². The van der Waals surface area contributed by atoms with E-state index in [0.29, 0.717) is 0 Å². The van der Waals surface area contributed by atoms with Gasteiger partial charge in [0.15, 0.2) is 0 Å². The van der Waals surface area contributed by atoms with Crippen LogP contribution in [0.4, 0.5) is 0 Å². The number of hydrogen-bond donors (Lipinski definition) is 0. The summed E-state index contributed by atoms with van der Waals surface area (Å²) in [6.45, 7) is 2.11. The van der Waals surface area contributed by atoms with E-state index in [1.807, 2.05) is 42.5 Å². The highest BCUT2D eigenvalue weighted by Crippen LogP contribution is 2.24. The summed E-state index contributed by atoms with van der Waals surface area (Å²) in [5.74, 6) is 0.111. The molecule has 0 aliphatic rings. The second-order valence-electron chi connectivity index (χ2n) is 4.65. The molecule has 0 aliphatic carbocycles. The minimum atomic E-state index is 0.111. The van der Waals surface area contributed by atoms with Crippen LogP contribution in [0.1, 0.15) is 27.0 Å². The minimum Gasteiger partial charge on any atom is -0.288 e. The molecule has 0 aliphatic heterocycles. The van der Waals surface area contributed by atoms with Gasteiger partial charge in [0, 0.05) is 14.9 Å². The Morgan fingerprint density at radius 2 is 1.80 bits per heavy atom. The summed E-state index contributed by atoms with van der Waals surface area (Å²) in [5.41, 5.74) is 0.754. The lowest BCUT2D eigenvalue weighted by Gasteiger charge is -2.02. The minimum absolute atomic E-state index is 0.111. The molecule has 3 rings (SSSR count). The maximum absolute atomic E-state index is 12.5. The van der Waals surface area contributed by atoms with Crippen molar-refractivity contribution in [1.29, 1.82) is 0 Å². The van der Waals surface area contributed by atoms with E-state index in [9.17, 15) is 4.79 Å². The molecule has 3 aromatic rings. The quantitative estimate of drug-likeness (QED) is 0.576. The lowest BCUT2D eigenvalue weighted by Crippen LogP contribution is -1.98. The van der Waals surface area contributed by atoms with E-state index >= 15 is 0 Å². The lowest BCUT2D eigenvalue weighted by atomic mass is 10.0. The van der Waals surface area contributed by atoms with Gasteiger partial charge in [0.1, 0.15) is 0 Å². The lowest BCUT2D eigenvalue weighted by molar-refractivity contribution is 0.104. The van der Waals surface area contributed by atoms with Gasteiger partial charge in [-0.3, -0.25) is 4.79 Å². The predicted molar refractivity (Wildman–Crippen MR) is 88.8 cm³/mol. The highest BCUT2D eigenvalue weighted by Gasteiger charge is 2.12. The zero-order chi connectivity index (χ0) is 14.1. The van der Waals surface area contributed by atoms with Gasteiger partial charge in [0.2, 0.25) is 5.78 Å². The van der Waals surface area contributed by atoms with E-state index in [0.717, 1.165) is 32.1 Å². The first-order chi connectivity index (χ1) is 9.67. The van der Waals surface area contributed by atoms with Gasteiger partial charge >= 0.3 is 0 Å². The average Bonchev–Trinajstić information content (AvgIpc) is 2.95. The first-order valence-corrected chi connectivity index (χ1v) is 8.11. The van der Waals surface area contributed by atoms with Crippen molar-refractivity contribution < 1.29 is 4.79 Å². The molecule has 0 atom stereocenters. The Morgan fingerprint density at radius 3 is 2.55 bits per heavy atom. The molecular weight excluding hydrogens is 332 g/mol. The fourth-order valence-electron chi connectivity index (χ4n) is 2.19. The molecule has 0 radical (unpaired) electrons. The second kappa shape index (κ2) is 5.51. The number of thiophene rings is 1. The maximum Gasteiger partial charge on any atom is 0.202 e. The molecule has 0 saturated heterocycles. The molecule has 0 amide bonds. The smallest absolute Gasteiger partial charge is 0.202 e. The molecule has 20 heavy (non-hydrogen) atoms. The van der Waals surface area contributed by atoms with E-state index in [1.165, 1.54) is 4.88 Å². The van der Waals surface area contributed by atoms with Gasteiger partial charge < -0.3 is 0 Å². The predicted octanol–water partition coefficient (Wildman–Crippen LogP) is 5.46. The zero-order valence-electron chi connectivity index (χ0n) is 11.0. The van der Waals surface area contributed by atoms with E-state index in [4.69, 9.17) is 0 Å². The van der Waals surface area contributed by atoms with E-state index in [1.54, 1.807) is 11.3 Å². The number of benzene rings is 2. The Hall–Kier alpha value is -1.45. The van der Waals surface area contributed by atoms with Crippen LogP contribution in [0.5, 0.6) is 0 Å². The third-order valence-corrected chi connectivity index (χ3v) is 5.02. The van der Waals surface area contributed by atoms with Gasteiger partial charge in [-0.2, -0.15) is 0 Å². The SMILES string of the molecule is CCc1ccc(C(=O)c2ccc3cc(Br)ccc3c2)s1. The molecule has 3 heteroatoms. The van der Waals surface area contributed by atoms with Crippen molar-refractivity contribution in [2.24, 2.45) is 0 Å². The van der Waals surface area contributed by atoms with Crippen LogP contribution in [0.25, 0.3) is 10.8 Å². The van der Waals surface area contributed by atoms with Gasteiger partial charge in [-0.15, -0.1) is 11.3 Å². The standard InChI is InChI=1S/C17H13BrOS/c1-2-15-7-8-16(20-15)17(19)13-4-3-12-10-14(18)6-5-11(12)9-13/h3-10H,2H2,1H3. The number of fused-ring (bicyclic) bond motifs is 1. The van der Waals surface area contributed by atoms with Gasteiger partial charge in [-0.1, -0.05) is 41.1 Å². The summed E-state index contributed by atoms with van der Waals surface area (Å²) in [5, 5.41) is 2.22. The van der Waals surface area contributed by atoms with E-state index in [2.05, 4.69) is 28.9 Å². The number of carbonyl (C=O) groups is 1. The van der Waals surface area contributed by atoms with Crippen LogP contribution in [0, 0.1) is 0 Å². The fourth-order valence-corrected chi connectivity index (χ4v) is 3.48. The molecule has 0 spiro atoms. The van der Waals surface area contributed by atoms with Crippen LogP contribution in [0.3, 0.4) is 0 Å². The number of ketones is 1. The zero-order valence-corrected chi connectivity index (χ0v) is 13.4. The Bertz CT molecular complexity index is 789. The molecule has 100 valence electrons. The number of aryl methyl sites for hydroxylation is 1. The van der Waals surface area contributed by atoms with E-state index < -0.39 is 0 Å². The molecule has 2 aromatic carbocycles. The Morgan fingerprint density at radius 1 is 1.05 bits per heavy atom. The molecule has 1 aromatic heterocycles. The fraction of sp³-hybridized carbons (Fsp3) is 0.118. The van der Waals surface area contributed by atoms with Crippen molar-refractivity contribution in [2.75, 3.05) is 0 Å². The molecule has 1 heterocycles. The number of halogens is 1. The molecular formula is C17H13BrOS. The van der Waals surface area contributed by atoms with Crippen LogP contribution < -0.4 is 0 Å². The Labute approximate surface area is 130 Å². The highest BCUT2D eigenvalue weighted by atomic mass is 79.9. The Balaban J connectivity index is 2.01. The largest absolute Gasteiger partial charge is 0.288 e. The van der Waals surface area contributed by atoms with Crippen LogP contribution >= 0.6 is 27.3 Å². The first-order valence-electron chi connectivity index (χ1n) is 6.50. The van der Waals surface area contributed by atoms with Gasteiger partial charge in [-0.05, 0) is 47.5 Å². The normalized spacial score (nSPS) is 10.9. The molecule has 0 N–H and O–H groups in total. The molecule has 0 bridgehead atoms. The van der Waals surface area contributed by atoms with Crippen molar-refractivity contribution in [1.82, 2.24) is 0 Å². The third-order valence-electron chi connectivity index (χ3n) is 3.30. The molecule has 0 unspecified atom stereocenters. The molecule has 0 fully saturated rings. The average molecular weight is 345 g/mol. The van der Waals surface area contributed by atoms with Crippen LogP contribution in [-0.2, 0) is 6.42 Å².